The molecule has 0 aromatic heterocycles. The second-order valence-corrected chi connectivity index (χ2v) is 12.7. The molecule has 0 bridgehead atoms. The summed E-state index contributed by atoms with van der Waals surface area (Å²) in [5.41, 5.74) is 3.54. The van der Waals surface area contributed by atoms with Gasteiger partial charge in [0.05, 0.1) is 18.0 Å². The van der Waals surface area contributed by atoms with Gasteiger partial charge in [0.15, 0.2) is 14.6 Å². The minimum absolute atomic E-state index is 0.0628. The van der Waals surface area contributed by atoms with Crippen LogP contribution in [0.4, 0.5) is 0 Å². The normalized spacial score (nSPS) is 17.7. The van der Waals surface area contributed by atoms with Crippen LogP contribution < -0.4 is 15.5 Å². The average Bonchev–Trinajstić information content (AvgIpc) is 2.95. The van der Waals surface area contributed by atoms with E-state index in [-0.39, 0.29) is 30.9 Å². The van der Waals surface area contributed by atoms with Crippen molar-refractivity contribution in [1.82, 2.24) is 15.7 Å². The summed E-state index contributed by atoms with van der Waals surface area (Å²) in [4.78, 5) is 20.9. The molecule has 0 aliphatic carbocycles. The summed E-state index contributed by atoms with van der Waals surface area (Å²) in [5.74, 6) is 5.90. The molecule has 0 amide bonds. The Morgan fingerprint density at radius 1 is 1.00 bits per heavy atom. The Labute approximate surface area is 233 Å². The Morgan fingerprint density at radius 3 is 2.37 bits per heavy atom. The zero-order chi connectivity index (χ0) is 26.8. The number of carbonyl (C=O) groups is 1. The quantitative estimate of drug-likeness (QED) is 0.332. The molecule has 0 spiro atoms. The number of sulfone groups is 1. The summed E-state index contributed by atoms with van der Waals surface area (Å²) in [6.45, 7) is 4.23. The van der Waals surface area contributed by atoms with E-state index in [1.54, 1.807) is 12.1 Å². The Bertz CT molecular complexity index is 1230. The van der Waals surface area contributed by atoms with E-state index in [2.05, 4.69) is 43.5 Å². The maximum atomic E-state index is 13.8. The van der Waals surface area contributed by atoms with E-state index in [1.807, 2.05) is 24.3 Å². The number of carbonyl (C=O) groups excluding carboxylic acids is 1. The van der Waals surface area contributed by atoms with Gasteiger partial charge in [-0.1, -0.05) is 46.3 Å². The highest BCUT2D eigenvalue weighted by molar-refractivity contribution is 9.10. The molecule has 2 saturated heterocycles. The van der Waals surface area contributed by atoms with Crippen molar-refractivity contribution in [2.45, 2.75) is 48.3 Å². The monoisotopic (exact) mass is 603 g/mol. The lowest BCUT2D eigenvalue weighted by molar-refractivity contribution is -0.155. The largest absolute Gasteiger partial charge is 0.481 e. The van der Waals surface area contributed by atoms with Crippen LogP contribution in [0.3, 0.4) is 0 Å². The first-order valence-corrected chi connectivity index (χ1v) is 15.2. The highest BCUT2D eigenvalue weighted by Gasteiger charge is 2.53. The summed E-state index contributed by atoms with van der Waals surface area (Å²) < 4.78 is 32.5. The topological polar surface area (TPSA) is 97.0 Å². The van der Waals surface area contributed by atoms with Crippen molar-refractivity contribution >= 4 is 31.7 Å². The molecule has 0 saturated carbocycles. The van der Waals surface area contributed by atoms with E-state index in [9.17, 15) is 13.2 Å². The van der Waals surface area contributed by atoms with Crippen LogP contribution in [0.1, 0.15) is 37.7 Å². The number of halogens is 1. The van der Waals surface area contributed by atoms with Gasteiger partial charge in [0.2, 0.25) is 0 Å². The molecule has 0 radical (unpaired) electrons. The second-order valence-electron chi connectivity index (χ2n) is 9.54. The van der Waals surface area contributed by atoms with Gasteiger partial charge in [0.25, 0.3) is 0 Å². The zero-order valence-corrected chi connectivity index (χ0v) is 23.8. The first-order chi connectivity index (χ1) is 18.4. The SMILES string of the molecule is O=C(ONCc1ccc(Br)cc1)C1(S(=O)(=O)c2ccc(OCC#CCN3CCCCC3)cc2)CCNCC1. The lowest BCUT2D eigenvalue weighted by atomic mass is 9.97. The molecule has 2 aromatic rings. The summed E-state index contributed by atoms with van der Waals surface area (Å²) in [6, 6.07) is 13.7. The molecular weight excluding hydrogens is 570 g/mol. The van der Waals surface area contributed by atoms with E-state index in [1.165, 1.54) is 31.4 Å². The molecule has 10 heteroatoms. The predicted octanol–water partition coefficient (Wildman–Crippen LogP) is 3.46. The number of piperidine rings is 2. The number of likely N-dealkylation sites (tertiary alicyclic amines) is 1. The predicted molar refractivity (Wildman–Crippen MR) is 149 cm³/mol. The Morgan fingerprint density at radius 2 is 1.68 bits per heavy atom. The molecule has 2 aliphatic heterocycles. The summed E-state index contributed by atoms with van der Waals surface area (Å²) in [6.07, 6.45) is 4.00. The van der Waals surface area contributed by atoms with Gasteiger partial charge >= 0.3 is 5.97 Å². The Balaban J connectivity index is 1.37. The third-order valence-corrected chi connectivity index (χ3v) is 10.00. The lowest BCUT2D eigenvalue weighted by Gasteiger charge is -2.34. The van der Waals surface area contributed by atoms with Crippen LogP contribution in [0.2, 0.25) is 0 Å². The van der Waals surface area contributed by atoms with Gasteiger partial charge in [0.1, 0.15) is 12.4 Å². The first kappa shape index (κ1) is 28.6. The van der Waals surface area contributed by atoms with Crippen LogP contribution in [-0.4, -0.2) is 63.4 Å². The number of nitrogens with one attached hydrogen (secondary N) is 2. The van der Waals surface area contributed by atoms with Gasteiger partial charge in [-0.05, 0) is 93.8 Å². The van der Waals surface area contributed by atoms with Crippen molar-refractivity contribution in [3.63, 3.8) is 0 Å². The van der Waals surface area contributed by atoms with E-state index >= 15 is 0 Å². The molecule has 2 aromatic carbocycles. The molecule has 38 heavy (non-hydrogen) atoms. The smallest absolute Gasteiger partial charge is 0.346 e. The molecule has 2 N–H and O–H groups in total. The minimum atomic E-state index is -4.03. The van der Waals surface area contributed by atoms with Crippen molar-refractivity contribution in [1.29, 1.82) is 0 Å². The highest BCUT2D eigenvalue weighted by Crippen LogP contribution is 2.35. The van der Waals surface area contributed by atoms with Crippen LogP contribution in [0.15, 0.2) is 57.9 Å². The Hall–Kier alpha value is -2.42. The van der Waals surface area contributed by atoms with Gasteiger partial charge in [0, 0.05) is 4.47 Å². The van der Waals surface area contributed by atoms with Gasteiger partial charge < -0.3 is 14.9 Å². The van der Waals surface area contributed by atoms with Crippen LogP contribution in [0, 0.1) is 11.8 Å². The van der Waals surface area contributed by atoms with Gasteiger partial charge in [-0.3, -0.25) is 4.90 Å². The van der Waals surface area contributed by atoms with E-state index in [0.717, 1.165) is 29.7 Å². The molecule has 4 rings (SSSR count). The fourth-order valence-corrected chi connectivity index (χ4v) is 6.90. The van der Waals surface area contributed by atoms with Crippen LogP contribution in [0.5, 0.6) is 5.75 Å². The maximum absolute atomic E-state index is 13.8. The van der Waals surface area contributed by atoms with Gasteiger partial charge in [-0.2, -0.15) is 0 Å². The lowest BCUT2D eigenvalue weighted by Crippen LogP contribution is -2.55. The van der Waals surface area contributed by atoms with E-state index < -0.39 is 20.6 Å². The summed E-state index contributed by atoms with van der Waals surface area (Å²) in [7, 11) is -4.03. The van der Waals surface area contributed by atoms with Crippen LogP contribution in [-0.2, 0) is 26.0 Å². The number of rotatable bonds is 9. The van der Waals surface area contributed by atoms with Crippen molar-refractivity contribution < 1.29 is 22.8 Å². The third-order valence-electron chi connectivity index (χ3n) is 6.97. The number of benzene rings is 2. The second kappa shape index (κ2) is 13.6. The van der Waals surface area contributed by atoms with Crippen molar-refractivity contribution in [3.05, 3.63) is 58.6 Å². The zero-order valence-electron chi connectivity index (χ0n) is 21.4. The molecule has 2 fully saturated rings. The first-order valence-electron chi connectivity index (χ1n) is 13.0. The third kappa shape index (κ3) is 7.16. The van der Waals surface area contributed by atoms with Crippen molar-refractivity contribution in [2.24, 2.45) is 0 Å². The fraction of sp³-hybridized carbons (Fsp3) is 0.464. The number of hydrogen-bond acceptors (Lipinski definition) is 8. The summed E-state index contributed by atoms with van der Waals surface area (Å²) >= 11 is 3.38. The number of nitrogens with zero attached hydrogens (tertiary/aromatic N) is 1. The average molecular weight is 605 g/mol. The van der Waals surface area contributed by atoms with E-state index in [4.69, 9.17) is 9.57 Å². The minimum Gasteiger partial charge on any atom is -0.481 e. The van der Waals surface area contributed by atoms with Crippen LogP contribution >= 0.6 is 15.9 Å². The maximum Gasteiger partial charge on any atom is 0.346 e. The highest BCUT2D eigenvalue weighted by atomic mass is 79.9. The molecule has 204 valence electrons. The van der Waals surface area contributed by atoms with Gasteiger partial charge in [-0.25, -0.2) is 13.2 Å². The molecule has 2 heterocycles. The fourth-order valence-electron chi connectivity index (χ4n) is 4.69. The standard InChI is InChI=1S/C28H34BrN3O5S/c29-24-8-6-23(7-9-24)22-31-37-27(33)28(14-16-30-17-15-28)38(34,35)26-12-10-25(11-13-26)36-21-5-4-20-32-18-2-1-3-19-32/h6-13,30-31H,1-3,14-22H2. The van der Waals surface area contributed by atoms with Crippen molar-refractivity contribution in [2.75, 3.05) is 39.3 Å². The molecule has 8 nitrogen and oxygen atoms in total. The Kier molecular flexibility index (Phi) is 10.2. The molecule has 0 unspecified atom stereocenters. The number of hydroxylamine groups is 1. The molecule has 0 atom stereocenters. The summed E-state index contributed by atoms with van der Waals surface area (Å²) in [5, 5.41) is 3.14. The van der Waals surface area contributed by atoms with Crippen LogP contribution in [0.25, 0.3) is 0 Å². The van der Waals surface area contributed by atoms with Gasteiger partial charge in [-0.15, -0.1) is 5.48 Å². The molecule has 2 aliphatic rings. The molecular formula is C28H34BrN3O5S. The van der Waals surface area contributed by atoms with E-state index in [0.29, 0.717) is 18.8 Å². The van der Waals surface area contributed by atoms with Crippen molar-refractivity contribution in [3.8, 4) is 17.6 Å². The number of ether oxygens (including phenoxy) is 1. The number of hydrogen-bond donors (Lipinski definition) is 2.